The number of rotatable bonds is 6. The van der Waals surface area contributed by atoms with Gasteiger partial charge in [0.05, 0.1) is 18.7 Å². The Labute approximate surface area is 152 Å². The first kappa shape index (κ1) is 17.7. The molecule has 0 aliphatic heterocycles. The molecule has 0 saturated carbocycles. The van der Waals surface area contributed by atoms with Gasteiger partial charge in [0, 0.05) is 17.5 Å². The van der Waals surface area contributed by atoms with Crippen molar-refractivity contribution >= 4 is 28.2 Å². The van der Waals surface area contributed by atoms with Gasteiger partial charge in [-0.2, -0.15) is 11.3 Å². The van der Waals surface area contributed by atoms with Gasteiger partial charge >= 0.3 is 0 Å². The zero-order valence-corrected chi connectivity index (χ0v) is 15.9. The largest absolute Gasteiger partial charge is 0.464 e. The molecule has 2 heterocycles. The van der Waals surface area contributed by atoms with Gasteiger partial charge in [-0.25, -0.2) is 0 Å². The summed E-state index contributed by atoms with van der Waals surface area (Å²) >= 11 is 1.68. The van der Waals surface area contributed by atoms with Crippen LogP contribution in [0.5, 0.6) is 0 Å². The number of aryl methyl sites for hydroxylation is 2. The maximum atomic E-state index is 12.4. The molecule has 4 nitrogen and oxygen atoms in total. The van der Waals surface area contributed by atoms with Crippen LogP contribution in [-0.4, -0.2) is 31.4 Å². The van der Waals surface area contributed by atoms with Crippen LogP contribution in [0.25, 0.3) is 11.0 Å². The summed E-state index contributed by atoms with van der Waals surface area (Å²) in [6.07, 6.45) is 2.04. The molecule has 3 aromatic rings. The van der Waals surface area contributed by atoms with Crippen molar-refractivity contribution in [3.05, 3.63) is 57.5 Å². The Kier molecular flexibility index (Phi) is 5.25. The van der Waals surface area contributed by atoms with Crippen molar-refractivity contribution in [2.75, 3.05) is 20.6 Å². The molecule has 1 atom stereocenters. The van der Waals surface area contributed by atoms with E-state index in [9.17, 15) is 4.79 Å². The van der Waals surface area contributed by atoms with Crippen LogP contribution in [-0.2, 0) is 11.2 Å². The minimum atomic E-state index is 0.0167. The molecule has 25 heavy (non-hydrogen) atoms. The summed E-state index contributed by atoms with van der Waals surface area (Å²) in [7, 11) is 4.06. The summed E-state index contributed by atoms with van der Waals surface area (Å²) in [4.78, 5) is 14.6. The number of hydrogen-bond donors (Lipinski definition) is 1. The third-order valence-electron chi connectivity index (χ3n) is 4.74. The topological polar surface area (TPSA) is 45.5 Å². The minimum absolute atomic E-state index is 0.0167. The van der Waals surface area contributed by atoms with Gasteiger partial charge in [0.25, 0.3) is 0 Å². The Morgan fingerprint density at radius 2 is 2.08 bits per heavy atom. The number of carbonyl (C=O) groups is 1. The van der Waals surface area contributed by atoms with E-state index in [-0.39, 0.29) is 11.9 Å². The van der Waals surface area contributed by atoms with Crippen molar-refractivity contribution in [1.82, 2.24) is 10.2 Å². The molecule has 3 rings (SSSR count). The SMILES string of the molecule is Cc1ccc2c(CC(=O)NCC(c3ccsc3)N(C)C)coc2c1C. The molecule has 1 aromatic carbocycles. The van der Waals surface area contributed by atoms with Crippen LogP contribution in [0.3, 0.4) is 0 Å². The van der Waals surface area contributed by atoms with Crippen LogP contribution < -0.4 is 5.32 Å². The summed E-state index contributed by atoms with van der Waals surface area (Å²) in [5.41, 5.74) is 5.38. The first-order chi connectivity index (χ1) is 12.0. The average Bonchev–Trinajstić information content (AvgIpc) is 3.21. The lowest BCUT2D eigenvalue weighted by molar-refractivity contribution is -0.120. The van der Waals surface area contributed by atoms with Gasteiger partial charge in [-0.3, -0.25) is 4.79 Å². The average molecular weight is 356 g/mol. The summed E-state index contributed by atoms with van der Waals surface area (Å²) in [5.74, 6) is 0.0167. The van der Waals surface area contributed by atoms with Crippen molar-refractivity contribution in [3.63, 3.8) is 0 Å². The monoisotopic (exact) mass is 356 g/mol. The first-order valence-corrected chi connectivity index (χ1v) is 9.33. The molecule has 2 aromatic heterocycles. The summed E-state index contributed by atoms with van der Waals surface area (Å²) in [6, 6.07) is 6.41. The molecule has 1 unspecified atom stereocenters. The molecule has 1 N–H and O–H groups in total. The molecule has 0 saturated heterocycles. The molecule has 1 amide bonds. The predicted octanol–water partition coefficient (Wildman–Crippen LogP) is 4.07. The maximum absolute atomic E-state index is 12.4. The number of benzene rings is 1. The van der Waals surface area contributed by atoms with Crippen molar-refractivity contribution < 1.29 is 9.21 Å². The van der Waals surface area contributed by atoms with E-state index < -0.39 is 0 Å². The number of likely N-dealkylation sites (N-methyl/N-ethyl adjacent to an activating group) is 1. The number of furan rings is 1. The van der Waals surface area contributed by atoms with Gasteiger partial charge in [0.1, 0.15) is 5.58 Å². The molecule has 0 aliphatic rings. The number of hydrogen-bond acceptors (Lipinski definition) is 4. The number of carbonyl (C=O) groups excluding carboxylic acids is 1. The van der Waals surface area contributed by atoms with E-state index in [1.807, 2.05) is 27.1 Å². The van der Waals surface area contributed by atoms with Crippen LogP contribution in [0.2, 0.25) is 0 Å². The quantitative estimate of drug-likeness (QED) is 0.724. The zero-order valence-electron chi connectivity index (χ0n) is 15.1. The molecule has 0 radical (unpaired) electrons. The lowest BCUT2D eigenvalue weighted by atomic mass is 10.0. The molecule has 0 fully saturated rings. The van der Waals surface area contributed by atoms with Crippen molar-refractivity contribution in [1.29, 1.82) is 0 Å². The van der Waals surface area contributed by atoms with E-state index >= 15 is 0 Å². The van der Waals surface area contributed by atoms with Crippen molar-refractivity contribution in [2.45, 2.75) is 26.3 Å². The number of thiophene rings is 1. The fourth-order valence-electron chi connectivity index (χ4n) is 3.03. The van der Waals surface area contributed by atoms with Gasteiger partial charge in [-0.05, 0) is 61.5 Å². The van der Waals surface area contributed by atoms with Crippen LogP contribution in [0, 0.1) is 13.8 Å². The molecule has 0 spiro atoms. The Morgan fingerprint density at radius 1 is 1.28 bits per heavy atom. The number of nitrogens with zero attached hydrogens (tertiary/aromatic N) is 1. The van der Waals surface area contributed by atoms with E-state index in [2.05, 4.69) is 40.0 Å². The Balaban J connectivity index is 1.68. The summed E-state index contributed by atoms with van der Waals surface area (Å²) < 4.78 is 5.70. The number of fused-ring (bicyclic) bond motifs is 1. The van der Waals surface area contributed by atoms with Gasteiger partial charge in [-0.15, -0.1) is 0 Å². The maximum Gasteiger partial charge on any atom is 0.224 e. The van der Waals surface area contributed by atoms with Gasteiger partial charge in [-0.1, -0.05) is 12.1 Å². The van der Waals surface area contributed by atoms with Gasteiger partial charge in [0.15, 0.2) is 0 Å². The fourth-order valence-corrected chi connectivity index (χ4v) is 3.74. The molecular formula is C20H24N2O2S. The lowest BCUT2D eigenvalue weighted by Crippen LogP contribution is -2.35. The second-order valence-electron chi connectivity index (χ2n) is 6.66. The second-order valence-corrected chi connectivity index (χ2v) is 7.44. The van der Waals surface area contributed by atoms with Gasteiger partial charge < -0.3 is 14.6 Å². The highest BCUT2D eigenvalue weighted by molar-refractivity contribution is 7.07. The molecule has 0 aliphatic carbocycles. The number of amides is 1. The van der Waals surface area contributed by atoms with Crippen LogP contribution in [0.15, 0.2) is 39.6 Å². The van der Waals surface area contributed by atoms with E-state index in [1.165, 1.54) is 11.1 Å². The molecular weight excluding hydrogens is 332 g/mol. The van der Waals surface area contributed by atoms with E-state index in [1.54, 1.807) is 17.6 Å². The van der Waals surface area contributed by atoms with E-state index in [0.29, 0.717) is 13.0 Å². The second kappa shape index (κ2) is 7.42. The highest BCUT2D eigenvalue weighted by Crippen LogP contribution is 2.27. The van der Waals surface area contributed by atoms with Crippen LogP contribution in [0.1, 0.15) is 28.3 Å². The lowest BCUT2D eigenvalue weighted by Gasteiger charge is -2.24. The normalized spacial score (nSPS) is 12.7. The standard InChI is InChI=1S/C20H24N2O2S/c1-13-5-6-17-16(11-24-20(17)14(13)2)9-19(23)21-10-18(22(3)4)15-7-8-25-12-15/h5-8,11-12,18H,9-10H2,1-4H3,(H,21,23). The third kappa shape index (κ3) is 3.78. The predicted molar refractivity (Wildman–Crippen MR) is 103 cm³/mol. The highest BCUT2D eigenvalue weighted by atomic mass is 32.1. The molecule has 132 valence electrons. The first-order valence-electron chi connectivity index (χ1n) is 8.39. The van der Waals surface area contributed by atoms with Crippen molar-refractivity contribution in [3.8, 4) is 0 Å². The minimum Gasteiger partial charge on any atom is -0.464 e. The third-order valence-corrected chi connectivity index (χ3v) is 5.44. The highest BCUT2D eigenvalue weighted by Gasteiger charge is 2.17. The molecule has 0 bridgehead atoms. The Hall–Kier alpha value is -2.11. The van der Waals surface area contributed by atoms with Gasteiger partial charge in [0.2, 0.25) is 5.91 Å². The molecule has 5 heteroatoms. The van der Waals surface area contributed by atoms with E-state index in [4.69, 9.17) is 4.42 Å². The fraction of sp³-hybridized carbons (Fsp3) is 0.350. The summed E-state index contributed by atoms with van der Waals surface area (Å²) in [5, 5.41) is 8.29. The number of nitrogens with one attached hydrogen (secondary N) is 1. The van der Waals surface area contributed by atoms with E-state index in [0.717, 1.165) is 22.1 Å². The zero-order chi connectivity index (χ0) is 18.0. The van der Waals surface area contributed by atoms with Crippen molar-refractivity contribution in [2.24, 2.45) is 0 Å². The smallest absolute Gasteiger partial charge is 0.224 e. The Morgan fingerprint density at radius 3 is 2.76 bits per heavy atom. The van der Waals surface area contributed by atoms with Crippen LogP contribution in [0.4, 0.5) is 0 Å². The summed E-state index contributed by atoms with van der Waals surface area (Å²) in [6.45, 7) is 4.71. The van der Waals surface area contributed by atoms with Crippen LogP contribution >= 0.6 is 11.3 Å². The Bertz CT molecular complexity index is 865.